The summed E-state index contributed by atoms with van der Waals surface area (Å²) >= 11 is 1.96. The lowest BCUT2D eigenvalue weighted by molar-refractivity contribution is 0.414. The van der Waals surface area contributed by atoms with E-state index in [1.165, 1.54) is 62.2 Å². The molecular weight excluding hydrogens is 242 g/mol. The first-order chi connectivity index (χ1) is 8.81. The van der Waals surface area contributed by atoms with Gasteiger partial charge in [-0.3, -0.25) is 0 Å². The van der Waals surface area contributed by atoms with Crippen molar-refractivity contribution in [2.45, 2.75) is 69.5 Å². The summed E-state index contributed by atoms with van der Waals surface area (Å²) in [6, 6.07) is 1.77. The minimum absolute atomic E-state index is 0.424. The smallest absolute Gasteiger partial charge is 0.186 e. The lowest BCUT2D eigenvalue weighted by Crippen LogP contribution is -2.47. The van der Waals surface area contributed by atoms with E-state index in [-0.39, 0.29) is 0 Å². The number of nitrogens with two attached hydrogens (primary N) is 1. The molecule has 2 atom stereocenters. The predicted octanol–water partition coefficient (Wildman–Crippen LogP) is 2.48. The molecule has 2 saturated heterocycles. The maximum atomic E-state index is 6.15. The van der Waals surface area contributed by atoms with Crippen LogP contribution in [-0.2, 0) is 12.8 Å². The molecule has 4 rings (SSSR count). The second-order valence-corrected chi connectivity index (χ2v) is 7.16. The summed E-state index contributed by atoms with van der Waals surface area (Å²) in [4.78, 5) is 9.12. The van der Waals surface area contributed by atoms with Crippen molar-refractivity contribution in [2.75, 3.05) is 4.90 Å². The van der Waals surface area contributed by atoms with Gasteiger partial charge in [0.25, 0.3) is 0 Å². The summed E-state index contributed by atoms with van der Waals surface area (Å²) in [6.07, 6.45) is 10.1. The molecule has 0 spiro atoms. The molecule has 2 N–H and O–H groups in total. The minimum atomic E-state index is 0.424. The maximum Gasteiger partial charge on any atom is 0.186 e. The third-order valence-corrected chi connectivity index (χ3v) is 6.00. The van der Waals surface area contributed by atoms with Gasteiger partial charge in [-0.15, -0.1) is 11.3 Å². The second kappa shape index (κ2) is 4.20. The molecule has 1 aromatic heterocycles. The van der Waals surface area contributed by atoms with Gasteiger partial charge in [0.05, 0.1) is 5.69 Å². The molecule has 4 heteroatoms. The number of fused-ring (bicyclic) bond motifs is 3. The largest absolute Gasteiger partial charge is 0.342 e. The Balaban J connectivity index is 1.65. The van der Waals surface area contributed by atoms with E-state index < -0.39 is 0 Å². The van der Waals surface area contributed by atoms with Gasteiger partial charge in [0, 0.05) is 23.0 Å². The van der Waals surface area contributed by atoms with Crippen LogP contribution >= 0.6 is 11.3 Å². The Hall–Kier alpha value is -0.610. The molecule has 98 valence electrons. The van der Waals surface area contributed by atoms with Crippen molar-refractivity contribution < 1.29 is 0 Å². The van der Waals surface area contributed by atoms with Crippen LogP contribution in [0.1, 0.15) is 49.1 Å². The van der Waals surface area contributed by atoms with E-state index in [0.29, 0.717) is 18.1 Å². The van der Waals surface area contributed by atoms with Crippen molar-refractivity contribution in [1.29, 1.82) is 0 Å². The highest BCUT2D eigenvalue weighted by atomic mass is 32.1. The molecule has 2 unspecified atom stereocenters. The van der Waals surface area contributed by atoms with Gasteiger partial charge in [0.1, 0.15) is 0 Å². The van der Waals surface area contributed by atoms with Gasteiger partial charge in [0.2, 0.25) is 0 Å². The number of anilines is 1. The van der Waals surface area contributed by atoms with Gasteiger partial charge in [-0.1, -0.05) is 0 Å². The quantitative estimate of drug-likeness (QED) is 0.846. The molecule has 3 aliphatic rings. The number of hydrogen-bond acceptors (Lipinski definition) is 4. The Labute approximate surface area is 112 Å². The monoisotopic (exact) mass is 263 g/mol. The normalized spacial score (nSPS) is 34.7. The summed E-state index contributed by atoms with van der Waals surface area (Å²) in [7, 11) is 0. The van der Waals surface area contributed by atoms with Crippen molar-refractivity contribution in [3.63, 3.8) is 0 Å². The van der Waals surface area contributed by atoms with E-state index >= 15 is 0 Å². The molecule has 0 aromatic carbocycles. The zero-order chi connectivity index (χ0) is 12.1. The summed E-state index contributed by atoms with van der Waals surface area (Å²) in [5.41, 5.74) is 7.55. The number of thiazole rings is 1. The fourth-order valence-corrected chi connectivity index (χ4v) is 5.27. The molecule has 2 fully saturated rings. The fourth-order valence-electron chi connectivity index (χ4n) is 3.98. The maximum absolute atomic E-state index is 6.15. The molecule has 0 saturated carbocycles. The van der Waals surface area contributed by atoms with E-state index in [9.17, 15) is 0 Å². The second-order valence-electron chi connectivity index (χ2n) is 6.10. The molecule has 1 aliphatic carbocycles. The zero-order valence-electron chi connectivity index (χ0n) is 10.8. The van der Waals surface area contributed by atoms with Crippen LogP contribution in [0.3, 0.4) is 0 Å². The number of nitrogens with zero attached hydrogens (tertiary/aromatic N) is 2. The summed E-state index contributed by atoms with van der Waals surface area (Å²) in [6.45, 7) is 0. The highest BCUT2D eigenvalue weighted by molar-refractivity contribution is 7.15. The number of aromatic nitrogens is 1. The van der Waals surface area contributed by atoms with E-state index in [4.69, 9.17) is 10.7 Å². The molecular formula is C14H21N3S. The summed E-state index contributed by atoms with van der Waals surface area (Å²) < 4.78 is 0. The standard InChI is InChI=1S/C14H21N3S/c15-9-7-10-5-6-11(8-9)17(10)14-16-12-3-1-2-4-13(12)18-14/h9-11H,1-8,15H2. The van der Waals surface area contributed by atoms with E-state index in [0.717, 1.165) is 0 Å². The lowest BCUT2D eigenvalue weighted by atomic mass is 9.99. The Morgan fingerprint density at radius 3 is 2.56 bits per heavy atom. The number of rotatable bonds is 1. The van der Waals surface area contributed by atoms with Gasteiger partial charge >= 0.3 is 0 Å². The predicted molar refractivity (Wildman–Crippen MR) is 75.3 cm³/mol. The lowest BCUT2D eigenvalue weighted by Gasteiger charge is -2.37. The summed E-state index contributed by atoms with van der Waals surface area (Å²) in [5, 5.41) is 1.31. The van der Waals surface area contributed by atoms with Gasteiger partial charge in [-0.2, -0.15) is 0 Å². The molecule has 18 heavy (non-hydrogen) atoms. The van der Waals surface area contributed by atoms with Crippen LogP contribution in [0, 0.1) is 0 Å². The van der Waals surface area contributed by atoms with Gasteiger partial charge < -0.3 is 10.6 Å². The van der Waals surface area contributed by atoms with Crippen molar-refractivity contribution >= 4 is 16.5 Å². The Morgan fingerprint density at radius 1 is 1.11 bits per heavy atom. The van der Waals surface area contributed by atoms with E-state index in [2.05, 4.69) is 4.90 Å². The van der Waals surface area contributed by atoms with E-state index in [1.807, 2.05) is 11.3 Å². The van der Waals surface area contributed by atoms with Crippen molar-refractivity contribution in [2.24, 2.45) is 5.73 Å². The van der Waals surface area contributed by atoms with Crippen LogP contribution in [0.2, 0.25) is 0 Å². The topological polar surface area (TPSA) is 42.1 Å². The molecule has 1 aromatic rings. The Morgan fingerprint density at radius 2 is 1.83 bits per heavy atom. The van der Waals surface area contributed by atoms with Crippen LogP contribution in [-0.4, -0.2) is 23.1 Å². The third kappa shape index (κ3) is 1.69. The van der Waals surface area contributed by atoms with Crippen molar-refractivity contribution in [3.05, 3.63) is 10.6 Å². The van der Waals surface area contributed by atoms with Crippen LogP contribution < -0.4 is 10.6 Å². The molecule has 0 amide bonds. The highest BCUT2D eigenvalue weighted by Crippen LogP contribution is 2.42. The van der Waals surface area contributed by atoms with Crippen molar-refractivity contribution in [3.8, 4) is 0 Å². The highest BCUT2D eigenvalue weighted by Gasteiger charge is 2.41. The average Bonchev–Trinajstić information content (AvgIpc) is 2.88. The van der Waals surface area contributed by atoms with Gasteiger partial charge in [0.15, 0.2) is 5.13 Å². The molecule has 2 aliphatic heterocycles. The number of piperidine rings is 1. The number of hydrogen-bond donors (Lipinski definition) is 1. The minimum Gasteiger partial charge on any atom is -0.342 e. The van der Waals surface area contributed by atoms with Gasteiger partial charge in [-0.25, -0.2) is 4.98 Å². The van der Waals surface area contributed by atoms with Crippen LogP contribution in [0.5, 0.6) is 0 Å². The van der Waals surface area contributed by atoms with Gasteiger partial charge in [-0.05, 0) is 51.4 Å². The van der Waals surface area contributed by atoms with Crippen LogP contribution in [0.25, 0.3) is 0 Å². The molecule has 0 radical (unpaired) electrons. The molecule has 2 bridgehead atoms. The third-order valence-electron chi connectivity index (χ3n) is 4.82. The van der Waals surface area contributed by atoms with Crippen molar-refractivity contribution in [1.82, 2.24) is 4.98 Å². The Bertz CT molecular complexity index is 418. The SMILES string of the molecule is NC1CC2CCC(C1)N2c1nc2c(s1)CCCC2. The first kappa shape index (κ1) is 11.2. The average molecular weight is 263 g/mol. The van der Waals surface area contributed by atoms with E-state index in [1.54, 1.807) is 4.88 Å². The first-order valence-electron chi connectivity index (χ1n) is 7.34. The Kier molecular flexibility index (Phi) is 2.62. The van der Waals surface area contributed by atoms with Crippen LogP contribution in [0.4, 0.5) is 5.13 Å². The molecule has 3 heterocycles. The zero-order valence-corrected chi connectivity index (χ0v) is 11.6. The first-order valence-corrected chi connectivity index (χ1v) is 8.15. The summed E-state index contributed by atoms with van der Waals surface area (Å²) in [5.74, 6) is 0. The fraction of sp³-hybridized carbons (Fsp3) is 0.786. The molecule has 3 nitrogen and oxygen atoms in total. The van der Waals surface area contributed by atoms with Crippen LogP contribution in [0.15, 0.2) is 0 Å². The number of aryl methyl sites for hydroxylation is 2.